The first-order valence-electron chi connectivity index (χ1n) is 7.55. The van der Waals surface area contributed by atoms with Gasteiger partial charge in [0.05, 0.1) is 12.0 Å². The van der Waals surface area contributed by atoms with Gasteiger partial charge < -0.3 is 10.1 Å². The SMILES string of the molecule is COC(=O)C(CC1CCCCC1)Nc1ncccc1[N+](=O)[O-]. The number of ether oxygens (including phenoxy) is 1. The van der Waals surface area contributed by atoms with Crippen LogP contribution >= 0.6 is 0 Å². The number of nitrogens with one attached hydrogen (secondary N) is 1. The van der Waals surface area contributed by atoms with Crippen LogP contribution < -0.4 is 5.32 Å². The van der Waals surface area contributed by atoms with Crippen molar-refractivity contribution in [3.63, 3.8) is 0 Å². The molecule has 1 aliphatic rings. The average molecular weight is 307 g/mol. The molecule has 1 aromatic heterocycles. The van der Waals surface area contributed by atoms with Gasteiger partial charge in [0.1, 0.15) is 6.04 Å². The quantitative estimate of drug-likeness (QED) is 0.493. The molecule has 1 saturated carbocycles. The number of rotatable bonds is 6. The Morgan fingerprint density at radius 3 is 2.86 bits per heavy atom. The molecule has 0 bridgehead atoms. The smallest absolute Gasteiger partial charge is 0.328 e. The standard InChI is InChI=1S/C15H21N3O4/c1-22-15(19)12(10-11-6-3-2-4-7-11)17-14-13(18(20)21)8-5-9-16-14/h5,8-9,11-12H,2-4,6-7,10H2,1H3,(H,16,17). The number of carbonyl (C=O) groups is 1. The minimum absolute atomic E-state index is 0.110. The summed E-state index contributed by atoms with van der Waals surface area (Å²) in [6.45, 7) is 0. The molecule has 1 heterocycles. The molecule has 120 valence electrons. The highest BCUT2D eigenvalue weighted by Gasteiger charge is 2.27. The van der Waals surface area contributed by atoms with E-state index < -0.39 is 16.9 Å². The van der Waals surface area contributed by atoms with Gasteiger partial charge in [-0.2, -0.15) is 0 Å². The third kappa shape index (κ3) is 4.16. The van der Waals surface area contributed by atoms with Crippen molar-refractivity contribution in [3.05, 3.63) is 28.4 Å². The number of esters is 1. The summed E-state index contributed by atoms with van der Waals surface area (Å²) < 4.78 is 4.83. The summed E-state index contributed by atoms with van der Waals surface area (Å²) in [5.74, 6) is 0.136. The lowest BCUT2D eigenvalue weighted by molar-refractivity contribution is -0.384. The molecule has 0 saturated heterocycles. The summed E-state index contributed by atoms with van der Waals surface area (Å²) in [6.07, 6.45) is 7.81. The Bertz CT molecular complexity index is 529. The molecule has 0 spiro atoms. The van der Waals surface area contributed by atoms with Gasteiger partial charge in [0.25, 0.3) is 0 Å². The van der Waals surface area contributed by atoms with Gasteiger partial charge >= 0.3 is 11.7 Å². The van der Waals surface area contributed by atoms with Crippen LogP contribution in [0.5, 0.6) is 0 Å². The third-order valence-corrected chi connectivity index (χ3v) is 4.07. The van der Waals surface area contributed by atoms with Gasteiger partial charge in [-0.05, 0) is 18.4 Å². The van der Waals surface area contributed by atoms with Gasteiger partial charge in [-0.3, -0.25) is 10.1 Å². The number of anilines is 1. The molecule has 1 unspecified atom stereocenters. The van der Waals surface area contributed by atoms with Crippen LogP contribution in [0, 0.1) is 16.0 Å². The molecular formula is C15H21N3O4. The first-order chi connectivity index (χ1) is 10.6. The van der Waals surface area contributed by atoms with Gasteiger partial charge in [-0.15, -0.1) is 0 Å². The Morgan fingerprint density at radius 2 is 2.23 bits per heavy atom. The molecule has 7 heteroatoms. The van der Waals surface area contributed by atoms with Crippen LogP contribution in [0.2, 0.25) is 0 Å². The number of methoxy groups -OCH3 is 1. The Morgan fingerprint density at radius 1 is 1.50 bits per heavy atom. The minimum atomic E-state index is -0.610. The van der Waals surface area contributed by atoms with E-state index in [1.807, 2.05) is 0 Å². The van der Waals surface area contributed by atoms with E-state index in [0.29, 0.717) is 12.3 Å². The van der Waals surface area contributed by atoms with Crippen molar-refractivity contribution in [2.75, 3.05) is 12.4 Å². The largest absolute Gasteiger partial charge is 0.467 e. The lowest BCUT2D eigenvalue weighted by atomic mass is 9.85. The number of nitrogens with zero attached hydrogens (tertiary/aromatic N) is 2. The number of hydrogen-bond acceptors (Lipinski definition) is 6. The molecular weight excluding hydrogens is 286 g/mol. The van der Waals surface area contributed by atoms with Gasteiger partial charge in [0.2, 0.25) is 5.82 Å². The van der Waals surface area contributed by atoms with Crippen molar-refractivity contribution >= 4 is 17.5 Å². The van der Waals surface area contributed by atoms with E-state index in [2.05, 4.69) is 10.3 Å². The van der Waals surface area contributed by atoms with Crippen LogP contribution in [0.3, 0.4) is 0 Å². The van der Waals surface area contributed by atoms with Gasteiger partial charge in [-0.1, -0.05) is 32.1 Å². The van der Waals surface area contributed by atoms with E-state index in [9.17, 15) is 14.9 Å². The van der Waals surface area contributed by atoms with Crippen LogP contribution in [0.1, 0.15) is 38.5 Å². The Balaban J connectivity index is 2.12. The Hall–Kier alpha value is -2.18. The average Bonchev–Trinajstić information content (AvgIpc) is 2.54. The monoisotopic (exact) mass is 307 g/mol. The predicted molar refractivity (Wildman–Crippen MR) is 81.5 cm³/mol. The highest BCUT2D eigenvalue weighted by molar-refractivity contribution is 5.79. The number of carbonyl (C=O) groups excluding carboxylic acids is 1. The maximum atomic E-state index is 12.0. The highest BCUT2D eigenvalue weighted by Crippen LogP contribution is 2.29. The fourth-order valence-corrected chi connectivity index (χ4v) is 2.93. The van der Waals surface area contributed by atoms with Crippen LogP contribution in [0.25, 0.3) is 0 Å². The van der Waals surface area contributed by atoms with Crippen molar-refractivity contribution in [3.8, 4) is 0 Å². The highest BCUT2D eigenvalue weighted by atomic mass is 16.6. The molecule has 1 atom stereocenters. The summed E-state index contributed by atoms with van der Waals surface area (Å²) in [4.78, 5) is 26.5. The molecule has 7 nitrogen and oxygen atoms in total. The van der Waals surface area contributed by atoms with Gasteiger partial charge in [0, 0.05) is 12.3 Å². The van der Waals surface area contributed by atoms with Gasteiger partial charge in [0.15, 0.2) is 0 Å². The first-order valence-corrected chi connectivity index (χ1v) is 7.55. The van der Waals surface area contributed by atoms with E-state index >= 15 is 0 Å². The molecule has 22 heavy (non-hydrogen) atoms. The van der Waals surface area contributed by atoms with E-state index in [4.69, 9.17) is 4.74 Å². The molecule has 2 rings (SSSR count). The van der Waals surface area contributed by atoms with E-state index in [0.717, 1.165) is 12.8 Å². The number of pyridine rings is 1. The summed E-state index contributed by atoms with van der Waals surface area (Å²) in [6, 6.07) is 2.25. The zero-order valence-corrected chi connectivity index (χ0v) is 12.7. The summed E-state index contributed by atoms with van der Waals surface area (Å²) >= 11 is 0. The molecule has 0 aromatic carbocycles. The summed E-state index contributed by atoms with van der Waals surface area (Å²) in [5, 5.41) is 13.9. The summed E-state index contributed by atoms with van der Waals surface area (Å²) in [5.41, 5.74) is -0.139. The molecule has 0 amide bonds. The molecule has 1 fully saturated rings. The Labute approximate surface area is 129 Å². The van der Waals surface area contributed by atoms with Crippen molar-refractivity contribution in [1.29, 1.82) is 0 Å². The lowest BCUT2D eigenvalue weighted by Gasteiger charge is -2.25. The third-order valence-electron chi connectivity index (χ3n) is 4.07. The molecule has 1 aliphatic carbocycles. The minimum Gasteiger partial charge on any atom is -0.467 e. The second kappa shape index (κ2) is 7.72. The number of nitro groups is 1. The first kappa shape index (κ1) is 16.2. The van der Waals surface area contributed by atoms with E-state index in [1.54, 1.807) is 0 Å². The fourth-order valence-electron chi connectivity index (χ4n) is 2.93. The van der Waals surface area contributed by atoms with Crippen LogP contribution in [0.4, 0.5) is 11.5 Å². The second-order valence-electron chi connectivity index (χ2n) is 5.59. The number of hydrogen-bond donors (Lipinski definition) is 1. The van der Waals surface area contributed by atoms with Crippen molar-refractivity contribution < 1.29 is 14.5 Å². The normalized spacial score (nSPS) is 16.8. The molecule has 0 aliphatic heterocycles. The Kier molecular flexibility index (Phi) is 5.68. The van der Waals surface area contributed by atoms with Crippen LogP contribution in [-0.2, 0) is 9.53 Å². The predicted octanol–water partition coefficient (Wildman–Crippen LogP) is 2.91. The van der Waals surface area contributed by atoms with Crippen molar-refractivity contribution in [2.45, 2.75) is 44.6 Å². The molecule has 0 radical (unpaired) electrons. The zero-order valence-electron chi connectivity index (χ0n) is 12.7. The summed E-state index contributed by atoms with van der Waals surface area (Å²) in [7, 11) is 1.32. The van der Waals surface area contributed by atoms with E-state index in [1.165, 1.54) is 44.7 Å². The van der Waals surface area contributed by atoms with Crippen molar-refractivity contribution in [2.24, 2.45) is 5.92 Å². The molecule has 1 aromatic rings. The topological polar surface area (TPSA) is 94.4 Å². The van der Waals surface area contributed by atoms with Crippen molar-refractivity contribution in [1.82, 2.24) is 4.98 Å². The second-order valence-corrected chi connectivity index (χ2v) is 5.59. The zero-order chi connectivity index (χ0) is 15.9. The maximum Gasteiger partial charge on any atom is 0.328 e. The van der Waals surface area contributed by atoms with Crippen LogP contribution in [-0.4, -0.2) is 29.0 Å². The fraction of sp³-hybridized carbons (Fsp3) is 0.600. The van der Waals surface area contributed by atoms with E-state index in [-0.39, 0.29) is 11.5 Å². The van der Waals surface area contributed by atoms with Crippen LogP contribution in [0.15, 0.2) is 18.3 Å². The molecule has 1 N–H and O–H groups in total. The van der Waals surface area contributed by atoms with Gasteiger partial charge in [-0.25, -0.2) is 9.78 Å². The maximum absolute atomic E-state index is 12.0. The number of aromatic nitrogens is 1. The lowest BCUT2D eigenvalue weighted by Crippen LogP contribution is -2.34.